The smallest absolute Gasteiger partial charge is 0.141 e. The van der Waals surface area contributed by atoms with Crippen LogP contribution in [0, 0.1) is 5.92 Å². The van der Waals surface area contributed by atoms with Gasteiger partial charge in [0.1, 0.15) is 5.78 Å². The molecular formula is C13H16ClNO. The van der Waals surface area contributed by atoms with E-state index >= 15 is 0 Å². The maximum absolute atomic E-state index is 12.0. The number of ketones is 1. The van der Waals surface area contributed by atoms with E-state index < -0.39 is 0 Å². The van der Waals surface area contributed by atoms with Gasteiger partial charge in [-0.05, 0) is 30.5 Å². The summed E-state index contributed by atoms with van der Waals surface area (Å²) in [5.41, 5.74) is 6.94. The molecule has 1 saturated carbocycles. The maximum atomic E-state index is 12.0. The van der Waals surface area contributed by atoms with Crippen molar-refractivity contribution in [3.8, 4) is 0 Å². The molecule has 2 nitrogen and oxygen atoms in total. The Hall–Kier alpha value is -0.860. The molecule has 2 unspecified atom stereocenters. The average Bonchev–Trinajstić information content (AvgIpc) is 2.68. The number of hydrogen-bond acceptors (Lipinski definition) is 2. The molecule has 1 aromatic carbocycles. The van der Waals surface area contributed by atoms with Gasteiger partial charge in [-0.15, -0.1) is 0 Å². The van der Waals surface area contributed by atoms with Gasteiger partial charge in [0.15, 0.2) is 0 Å². The molecule has 0 aliphatic heterocycles. The van der Waals surface area contributed by atoms with Crippen LogP contribution >= 0.6 is 11.6 Å². The first-order valence-electron chi connectivity index (χ1n) is 5.69. The molecule has 0 amide bonds. The monoisotopic (exact) mass is 237 g/mol. The van der Waals surface area contributed by atoms with Crippen molar-refractivity contribution >= 4 is 17.4 Å². The second-order valence-corrected chi connectivity index (χ2v) is 4.91. The lowest BCUT2D eigenvalue weighted by molar-refractivity contribution is -0.122. The zero-order valence-corrected chi connectivity index (χ0v) is 9.91. The third kappa shape index (κ3) is 2.63. The van der Waals surface area contributed by atoms with Crippen LogP contribution < -0.4 is 5.73 Å². The molecule has 0 radical (unpaired) electrons. The fraction of sp³-hybridized carbons (Fsp3) is 0.462. The highest BCUT2D eigenvalue weighted by atomic mass is 35.5. The molecule has 1 aliphatic rings. The van der Waals surface area contributed by atoms with Gasteiger partial charge in [0, 0.05) is 23.4 Å². The van der Waals surface area contributed by atoms with Crippen LogP contribution in [0.1, 0.15) is 24.8 Å². The Bertz CT molecular complexity index is 374. The van der Waals surface area contributed by atoms with Crippen molar-refractivity contribution in [2.24, 2.45) is 11.7 Å². The van der Waals surface area contributed by atoms with E-state index in [0.29, 0.717) is 11.4 Å². The topological polar surface area (TPSA) is 43.1 Å². The van der Waals surface area contributed by atoms with E-state index in [-0.39, 0.29) is 17.7 Å². The van der Waals surface area contributed by atoms with E-state index in [0.717, 1.165) is 24.8 Å². The fourth-order valence-electron chi connectivity index (χ4n) is 2.32. The van der Waals surface area contributed by atoms with Crippen LogP contribution in [0.4, 0.5) is 0 Å². The highest BCUT2D eigenvalue weighted by Crippen LogP contribution is 2.26. The Morgan fingerprint density at radius 3 is 2.56 bits per heavy atom. The second kappa shape index (κ2) is 4.98. The van der Waals surface area contributed by atoms with Crippen molar-refractivity contribution in [1.29, 1.82) is 0 Å². The van der Waals surface area contributed by atoms with Gasteiger partial charge in [-0.25, -0.2) is 0 Å². The van der Waals surface area contributed by atoms with Crippen LogP contribution in [-0.2, 0) is 11.2 Å². The van der Waals surface area contributed by atoms with Gasteiger partial charge in [0.25, 0.3) is 0 Å². The Kier molecular flexibility index (Phi) is 3.62. The van der Waals surface area contributed by atoms with Gasteiger partial charge in [-0.3, -0.25) is 4.79 Å². The standard InChI is InChI=1S/C13H16ClNO/c14-10-6-4-9(5-7-10)8-13(16)11-2-1-3-12(11)15/h4-7,11-12H,1-3,8,15H2. The van der Waals surface area contributed by atoms with Gasteiger partial charge in [-0.1, -0.05) is 30.2 Å². The normalized spacial score (nSPS) is 24.6. The zero-order valence-electron chi connectivity index (χ0n) is 9.16. The average molecular weight is 238 g/mol. The van der Waals surface area contributed by atoms with E-state index in [4.69, 9.17) is 17.3 Å². The fourth-order valence-corrected chi connectivity index (χ4v) is 2.45. The Morgan fingerprint density at radius 2 is 2.00 bits per heavy atom. The molecule has 86 valence electrons. The number of rotatable bonds is 3. The van der Waals surface area contributed by atoms with Crippen LogP contribution in [0.25, 0.3) is 0 Å². The molecule has 0 saturated heterocycles. The molecule has 0 aromatic heterocycles. The maximum Gasteiger partial charge on any atom is 0.141 e. The van der Waals surface area contributed by atoms with E-state index in [9.17, 15) is 4.79 Å². The minimum Gasteiger partial charge on any atom is -0.327 e. The molecule has 1 aromatic rings. The van der Waals surface area contributed by atoms with Crippen molar-refractivity contribution in [1.82, 2.24) is 0 Å². The van der Waals surface area contributed by atoms with Gasteiger partial charge >= 0.3 is 0 Å². The van der Waals surface area contributed by atoms with E-state index in [1.807, 2.05) is 24.3 Å². The summed E-state index contributed by atoms with van der Waals surface area (Å²) in [4.78, 5) is 12.0. The number of Topliss-reactive ketones (excluding diaryl/α,β-unsaturated/α-hetero) is 1. The third-order valence-corrected chi connectivity index (χ3v) is 3.53. The van der Waals surface area contributed by atoms with Gasteiger partial charge in [0.2, 0.25) is 0 Å². The molecule has 0 spiro atoms. The second-order valence-electron chi connectivity index (χ2n) is 4.47. The van der Waals surface area contributed by atoms with E-state index in [1.165, 1.54) is 0 Å². The van der Waals surface area contributed by atoms with Crippen molar-refractivity contribution < 1.29 is 4.79 Å². The summed E-state index contributed by atoms with van der Waals surface area (Å²) in [6.07, 6.45) is 3.50. The first-order chi connectivity index (χ1) is 7.66. The third-order valence-electron chi connectivity index (χ3n) is 3.27. The molecule has 1 fully saturated rings. The predicted molar refractivity (Wildman–Crippen MR) is 65.5 cm³/mol. The van der Waals surface area contributed by atoms with Gasteiger partial charge in [0.05, 0.1) is 0 Å². The van der Waals surface area contributed by atoms with Crippen LogP contribution in [0.3, 0.4) is 0 Å². The number of hydrogen-bond donors (Lipinski definition) is 1. The number of nitrogens with two attached hydrogens (primary N) is 1. The minimum atomic E-state index is 0.0654. The predicted octanol–water partition coefficient (Wildman–Crippen LogP) is 2.58. The molecule has 16 heavy (non-hydrogen) atoms. The van der Waals surface area contributed by atoms with Crippen LogP contribution in [-0.4, -0.2) is 11.8 Å². The Balaban J connectivity index is 1.99. The first kappa shape index (κ1) is 11.6. The number of halogens is 1. The largest absolute Gasteiger partial charge is 0.327 e. The number of carbonyl (C=O) groups is 1. The van der Waals surface area contributed by atoms with Crippen LogP contribution in [0.5, 0.6) is 0 Å². The minimum absolute atomic E-state index is 0.0654. The van der Waals surface area contributed by atoms with E-state index in [2.05, 4.69) is 0 Å². The summed E-state index contributed by atoms with van der Waals surface area (Å²) in [5, 5.41) is 0.703. The van der Waals surface area contributed by atoms with E-state index in [1.54, 1.807) is 0 Å². The number of benzene rings is 1. The summed E-state index contributed by atoms with van der Waals surface area (Å²) < 4.78 is 0. The quantitative estimate of drug-likeness (QED) is 0.878. The lowest BCUT2D eigenvalue weighted by atomic mass is 9.94. The first-order valence-corrected chi connectivity index (χ1v) is 6.07. The lowest BCUT2D eigenvalue weighted by Crippen LogP contribution is -2.31. The summed E-state index contributed by atoms with van der Waals surface area (Å²) in [6.45, 7) is 0. The molecule has 0 heterocycles. The summed E-state index contributed by atoms with van der Waals surface area (Å²) >= 11 is 5.79. The molecule has 0 bridgehead atoms. The highest BCUT2D eigenvalue weighted by Gasteiger charge is 2.29. The Labute approximate surface area is 101 Å². The van der Waals surface area contributed by atoms with Crippen LogP contribution in [0.15, 0.2) is 24.3 Å². The van der Waals surface area contributed by atoms with Crippen molar-refractivity contribution in [3.63, 3.8) is 0 Å². The molecular weight excluding hydrogens is 222 g/mol. The lowest BCUT2D eigenvalue weighted by Gasteiger charge is -2.13. The zero-order chi connectivity index (χ0) is 11.5. The molecule has 1 aliphatic carbocycles. The van der Waals surface area contributed by atoms with Crippen molar-refractivity contribution in [2.75, 3.05) is 0 Å². The van der Waals surface area contributed by atoms with Crippen molar-refractivity contribution in [3.05, 3.63) is 34.9 Å². The molecule has 2 N–H and O–H groups in total. The van der Waals surface area contributed by atoms with Gasteiger partial charge in [-0.2, -0.15) is 0 Å². The summed E-state index contributed by atoms with van der Waals surface area (Å²) in [6, 6.07) is 7.51. The summed E-state index contributed by atoms with van der Waals surface area (Å²) in [7, 11) is 0. The van der Waals surface area contributed by atoms with Crippen molar-refractivity contribution in [2.45, 2.75) is 31.7 Å². The number of carbonyl (C=O) groups excluding carboxylic acids is 1. The SMILES string of the molecule is NC1CCCC1C(=O)Cc1ccc(Cl)cc1. The molecule has 2 rings (SSSR count). The van der Waals surface area contributed by atoms with Crippen LogP contribution in [0.2, 0.25) is 5.02 Å². The summed E-state index contributed by atoms with van der Waals surface area (Å²) in [5.74, 6) is 0.336. The molecule has 3 heteroatoms. The Morgan fingerprint density at radius 1 is 1.31 bits per heavy atom. The van der Waals surface area contributed by atoms with Gasteiger partial charge < -0.3 is 5.73 Å². The molecule has 2 atom stereocenters. The highest BCUT2D eigenvalue weighted by molar-refractivity contribution is 6.30.